The quantitative estimate of drug-likeness (QED) is 0.602. The van der Waals surface area contributed by atoms with E-state index in [9.17, 15) is 4.79 Å². The van der Waals surface area contributed by atoms with Crippen molar-refractivity contribution in [3.8, 4) is 5.75 Å². The fourth-order valence-electron chi connectivity index (χ4n) is 2.61. The highest BCUT2D eigenvalue weighted by Gasteiger charge is 2.14. The lowest BCUT2D eigenvalue weighted by Crippen LogP contribution is -2.45. The van der Waals surface area contributed by atoms with E-state index in [0.717, 1.165) is 18.6 Å². The smallest absolute Gasteiger partial charge is 0.226 e. The van der Waals surface area contributed by atoms with Gasteiger partial charge in [0.25, 0.3) is 0 Å². The highest BCUT2D eigenvalue weighted by atomic mass is 35.5. The molecule has 0 radical (unpaired) electrons. The first-order valence-electron chi connectivity index (χ1n) is 8.12. The Balaban J connectivity index is 1.57. The summed E-state index contributed by atoms with van der Waals surface area (Å²) < 4.78 is 5.55. The Kier molecular flexibility index (Phi) is 7.62. The van der Waals surface area contributed by atoms with Gasteiger partial charge in [-0.05, 0) is 55.7 Å². The van der Waals surface area contributed by atoms with E-state index in [2.05, 4.69) is 10.6 Å². The molecule has 4 nitrogen and oxygen atoms in total. The highest BCUT2D eigenvalue weighted by molar-refractivity contribution is 7.80. The Morgan fingerprint density at radius 1 is 1.22 bits per heavy atom. The van der Waals surface area contributed by atoms with Gasteiger partial charge in [0.2, 0.25) is 5.91 Å². The summed E-state index contributed by atoms with van der Waals surface area (Å²) in [6.07, 6.45) is 7.05. The predicted octanol–water partition coefficient (Wildman–Crippen LogP) is 3.82. The van der Waals surface area contributed by atoms with Gasteiger partial charge in [-0.2, -0.15) is 0 Å². The molecule has 6 heteroatoms. The van der Waals surface area contributed by atoms with Gasteiger partial charge in [-0.3, -0.25) is 4.79 Å². The summed E-state index contributed by atoms with van der Waals surface area (Å²) in [4.78, 5) is 11.8. The fourth-order valence-corrected chi connectivity index (χ4v) is 3.02. The molecule has 1 aromatic carbocycles. The molecule has 1 fully saturated rings. The van der Waals surface area contributed by atoms with Crippen LogP contribution in [-0.2, 0) is 4.79 Å². The van der Waals surface area contributed by atoms with Crippen LogP contribution in [0.2, 0.25) is 5.02 Å². The van der Waals surface area contributed by atoms with Gasteiger partial charge in [0.1, 0.15) is 5.75 Å². The number of carbonyl (C=O) groups excluding carboxylic acids is 1. The van der Waals surface area contributed by atoms with Crippen molar-refractivity contribution in [2.45, 2.75) is 51.0 Å². The van der Waals surface area contributed by atoms with Gasteiger partial charge in [0, 0.05) is 17.5 Å². The second-order valence-corrected chi connectivity index (χ2v) is 6.61. The zero-order valence-corrected chi connectivity index (χ0v) is 14.7. The van der Waals surface area contributed by atoms with E-state index in [1.807, 2.05) is 12.1 Å². The minimum absolute atomic E-state index is 0.0713. The number of hydrogen-bond acceptors (Lipinski definition) is 3. The maximum Gasteiger partial charge on any atom is 0.226 e. The third kappa shape index (κ3) is 7.18. The molecule has 1 aliphatic rings. The van der Waals surface area contributed by atoms with Crippen LogP contribution in [0.4, 0.5) is 0 Å². The summed E-state index contributed by atoms with van der Waals surface area (Å²) in [6, 6.07) is 7.58. The molecule has 0 saturated heterocycles. The summed E-state index contributed by atoms with van der Waals surface area (Å²) in [6.45, 7) is 0.484. The van der Waals surface area contributed by atoms with Crippen LogP contribution in [0.5, 0.6) is 5.75 Å². The first-order chi connectivity index (χ1) is 11.1. The standard InChI is InChI=1S/C17H23ClN2O2S/c18-13-8-10-15(11-9-13)22-12-4-7-16(21)20-17(23)19-14-5-2-1-3-6-14/h8-11,14H,1-7,12H2,(H2,19,20,21,23). The summed E-state index contributed by atoms with van der Waals surface area (Å²) in [5.74, 6) is 0.683. The molecular weight excluding hydrogens is 332 g/mol. The maximum atomic E-state index is 11.8. The number of carbonyl (C=O) groups is 1. The van der Waals surface area contributed by atoms with Crippen molar-refractivity contribution >= 4 is 34.8 Å². The van der Waals surface area contributed by atoms with Crippen molar-refractivity contribution in [1.29, 1.82) is 0 Å². The summed E-state index contributed by atoms with van der Waals surface area (Å²) in [5.41, 5.74) is 0. The van der Waals surface area contributed by atoms with Gasteiger partial charge in [-0.25, -0.2) is 0 Å². The number of amides is 1. The van der Waals surface area contributed by atoms with Crippen molar-refractivity contribution in [3.63, 3.8) is 0 Å². The van der Waals surface area contributed by atoms with Gasteiger partial charge in [0.15, 0.2) is 5.11 Å². The third-order valence-electron chi connectivity index (χ3n) is 3.82. The van der Waals surface area contributed by atoms with Gasteiger partial charge in [-0.1, -0.05) is 30.9 Å². The molecular formula is C17H23ClN2O2S. The number of rotatable bonds is 6. The van der Waals surface area contributed by atoms with Crippen LogP contribution in [0.15, 0.2) is 24.3 Å². The first-order valence-corrected chi connectivity index (χ1v) is 8.91. The SMILES string of the molecule is O=C(CCCOc1ccc(Cl)cc1)NC(=S)NC1CCCCC1. The summed E-state index contributed by atoms with van der Waals surface area (Å²) in [5, 5.41) is 7.09. The molecule has 0 unspecified atom stereocenters. The van der Waals surface area contributed by atoms with Gasteiger partial charge < -0.3 is 15.4 Å². The van der Waals surface area contributed by atoms with Crippen molar-refractivity contribution in [1.82, 2.24) is 10.6 Å². The largest absolute Gasteiger partial charge is 0.494 e. The summed E-state index contributed by atoms with van der Waals surface area (Å²) in [7, 11) is 0. The molecule has 0 bridgehead atoms. The third-order valence-corrected chi connectivity index (χ3v) is 4.30. The second-order valence-electron chi connectivity index (χ2n) is 5.76. The van der Waals surface area contributed by atoms with Crippen LogP contribution < -0.4 is 15.4 Å². The van der Waals surface area contributed by atoms with Crippen molar-refractivity contribution < 1.29 is 9.53 Å². The number of benzene rings is 1. The number of halogens is 1. The van der Waals surface area contributed by atoms with Crippen LogP contribution in [0.1, 0.15) is 44.9 Å². The van der Waals surface area contributed by atoms with E-state index in [0.29, 0.717) is 35.6 Å². The van der Waals surface area contributed by atoms with E-state index in [-0.39, 0.29) is 5.91 Å². The van der Waals surface area contributed by atoms with E-state index in [1.54, 1.807) is 12.1 Å². The molecule has 0 aromatic heterocycles. The highest BCUT2D eigenvalue weighted by Crippen LogP contribution is 2.17. The number of hydrogen-bond donors (Lipinski definition) is 2. The fraction of sp³-hybridized carbons (Fsp3) is 0.529. The Morgan fingerprint density at radius 2 is 1.91 bits per heavy atom. The van der Waals surface area contributed by atoms with E-state index < -0.39 is 0 Å². The molecule has 0 heterocycles. The normalized spacial score (nSPS) is 15.0. The molecule has 0 spiro atoms. The lowest BCUT2D eigenvalue weighted by molar-refractivity contribution is -0.119. The molecule has 2 rings (SSSR count). The van der Waals surface area contributed by atoms with E-state index in [1.165, 1.54) is 19.3 Å². The Morgan fingerprint density at radius 3 is 2.61 bits per heavy atom. The first kappa shape index (κ1) is 18.0. The van der Waals surface area contributed by atoms with E-state index in [4.69, 9.17) is 28.6 Å². The molecule has 1 saturated carbocycles. The van der Waals surface area contributed by atoms with E-state index >= 15 is 0 Å². The number of nitrogens with one attached hydrogen (secondary N) is 2. The number of ether oxygens (including phenoxy) is 1. The summed E-state index contributed by atoms with van der Waals surface area (Å²) >= 11 is 11.0. The van der Waals surface area contributed by atoms with Crippen molar-refractivity contribution in [2.75, 3.05) is 6.61 Å². The average Bonchev–Trinajstić information content (AvgIpc) is 2.54. The topological polar surface area (TPSA) is 50.4 Å². The molecule has 2 N–H and O–H groups in total. The average molecular weight is 355 g/mol. The molecule has 0 aliphatic heterocycles. The van der Waals surface area contributed by atoms with Crippen LogP contribution in [0.3, 0.4) is 0 Å². The van der Waals surface area contributed by atoms with Gasteiger partial charge in [0.05, 0.1) is 6.61 Å². The molecule has 1 aliphatic carbocycles. The minimum atomic E-state index is -0.0713. The zero-order chi connectivity index (χ0) is 16.5. The van der Waals surface area contributed by atoms with Crippen LogP contribution >= 0.6 is 23.8 Å². The maximum absolute atomic E-state index is 11.8. The Labute approximate surface area is 147 Å². The molecule has 0 atom stereocenters. The van der Waals surface area contributed by atoms with Crippen LogP contribution in [0.25, 0.3) is 0 Å². The molecule has 23 heavy (non-hydrogen) atoms. The molecule has 1 aromatic rings. The Bertz CT molecular complexity index is 516. The van der Waals surface area contributed by atoms with Crippen LogP contribution in [-0.4, -0.2) is 23.7 Å². The predicted molar refractivity (Wildman–Crippen MR) is 96.9 cm³/mol. The van der Waals surface area contributed by atoms with Gasteiger partial charge in [-0.15, -0.1) is 0 Å². The lowest BCUT2D eigenvalue weighted by atomic mass is 9.96. The molecule has 1 amide bonds. The lowest BCUT2D eigenvalue weighted by Gasteiger charge is -2.24. The monoisotopic (exact) mass is 354 g/mol. The van der Waals surface area contributed by atoms with Crippen molar-refractivity contribution in [3.05, 3.63) is 29.3 Å². The molecule has 126 valence electrons. The van der Waals surface area contributed by atoms with Crippen molar-refractivity contribution in [2.24, 2.45) is 0 Å². The second kappa shape index (κ2) is 9.73. The van der Waals surface area contributed by atoms with Crippen LogP contribution in [0, 0.1) is 0 Å². The Hall–Kier alpha value is -1.33. The minimum Gasteiger partial charge on any atom is -0.494 e. The number of thiocarbonyl (C=S) groups is 1. The zero-order valence-electron chi connectivity index (χ0n) is 13.1. The van der Waals surface area contributed by atoms with Gasteiger partial charge >= 0.3 is 0 Å².